The second kappa shape index (κ2) is 6.93. The van der Waals surface area contributed by atoms with Crippen LogP contribution in [0.15, 0.2) is 30.3 Å². The van der Waals surface area contributed by atoms with Gasteiger partial charge in [0, 0.05) is 19.2 Å². The van der Waals surface area contributed by atoms with Gasteiger partial charge >= 0.3 is 0 Å². The summed E-state index contributed by atoms with van der Waals surface area (Å²) in [5.74, 6) is -1.34. The van der Waals surface area contributed by atoms with E-state index < -0.39 is 11.6 Å². The number of nitrogens with zero attached hydrogens (tertiary/aromatic N) is 3. The zero-order valence-corrected chi connectivity index (χ0v) is 12.3. The lowest BCUT2D eigenvalue weighted by Crippen LogP contribution is -2.31. The second-order valence-electron chi connectivity index (χ2n) is 4.53. The van der Waals surface area contributed by atoms with Gasteiger partial charge in [-0.25, -0.2) is 8.78 Å². The van der Waals surface area contributed by atoms with Crippen molar-refractivity contribution in [2.24, 2.45) is 0 Å². The highest BCUT2D eigenvalue weighted by Crippen LogP contribution is 2.19. The number of carbonyl (C=O) groups is 1. The molecule has 116 valence electrons. The summed E-state index contributed by atoms with van der Waals surface area (Å²) in [5, 5.41) is 10.4. The molecule has 0 aliphatic rings. The molecule has 0 saturated heterocycles. The first-order chi connectivity index (χ1) is 10.5. The third-order valence-corrected chi connectivity index (χ3v) is 3.13. The Morgan fingerprint density at radius 1 is 1.14 bits per heavy atom. The molecule has 0 aliphatic carbocycles. The summed E-state index contributed by atoms with van der Waals surface area (Å²) in [6, 6.07) is 6.20. The topological polar surface area (TPSA) is 58.1 Å². The highest BCUT2D eigenvalue weighted by atomic mass is 19.1. The largest absolute Gasteiger partial charge is 0.338 e. The summed E-state index contributed by atoms with van der Waals surface area (Å²) in [5.41, 5.74) is 0.298. The summed E-state index contributed by atoms with van der Waals surface area (Å²) in [7, 11) is 0. The maximum atomic E-state index is 13.5. The zero-order chi connectivity index (χ0) is 16.1. The van der Waals surface area contributed by atoms with Gasteiger partial charge in [0.05, 0.1) is 5.69 Å². The van der Waals surface area contributed by atoms with E-state index in [1.807, 2.05) is 13.8 Å². The molecule has 22 heavy (non-hydrogen) atoms. The van der Waals surface area contributed by atoms with Crippen molar-refractivity contribution >= 4 is 17.4 Å². The van der Waals surface area contributed by atoms with Gasteiger partial charge in [0.1, 0.15) is 11.6 Å². The standard InChI is InChI=1S/C15H16F2N4O/c1-3-21(4-2)15(22)13-7-8-14(20-19-13)18-12-6-5-10(16)9-11(12)17/h5-9H,3-4H2,1-2H3,(H,18,20). The molecular formula is C15H16F2N4O. The molecule has 1 heterocycles. The molecule has 0 saturated carbocycles. The monoisotopic (exact) mass is 306 g/mol. The number of nitrogens with one attached hydrogen (secondary N) is 1. The van der Waals surface area contributed by atoms with Gasteiger partial charge < -0.3 is 10.2 Å². The van der Waals surface area contributed by atoms with Crippen LogP contribution in [0.2, 0.25) is 0 Å². The van der Waals surface area contributed by atoms with E-state index in [9.17, 15) is 13.6 Å². The van der Waals surface area contributed by atoms with Crippen LogP contribution in [-0.4, -0.2) is 34.1 Å². The second-order valence-corrected chi connectivity index (χ2v) is 4.53. The van der Waals surface area contributed by atoms with Crippen LogP contribution in [0.5, 0.6) is 0 Å². The predicted molar refractivity (Wildman–Crippen MR) is 78.9 cm³/mol. The fraction of sp³-hybridized carbons (Fsp3) is 0.267. The van der Waals surface area contributed by atoms with Gasteiger partial charge in [-0.15, -0.1) is 10.2 Å². The summed E-state index contributed by atoms with van der Waals surface area (Å²) in [6.45, 7) is 4.92. The molecule has 0 radical (unpaired) electrons. The number of amides is 1. The maximum Gasteiger partial charge on any atom is 0.274 e. The highest BCUT2D eigenvalue weighted by molar-refractivity contribution is 5.92. The first-order valence-electron chi connectivity index (χ1n) is 6.90. The van der Waals surface area contributed by atoms with E-state index in [0.29, 0.717) is 13.1 Å². The third-order valence-electron chi connectivity index (χ3n) is 3.13. The van der Waals surface area contributed by atoms with E-state index in [-0.39, 0.29) is 23.1 Å². The van der Waals surface area contributed by atoms with Gasteiger partial charge in [0.25, 0.3) is 5.91 Å². The summed E-state index contributed by atoms with van der Waals surface area (Å²) in [4.78, 5) is 13.7. The number of hydrogen-bond donors (Lipinski definition) is 1. The molecular weight excluding hydrogens is 290 g/mol. The molecule has 7 heteroatoms. The fourth-order valence-electron chi connectivity index (χ4n) is 1.91. The molecule has 2 rings (SSSR count). The molecule has 1 amide bonds. The lowest BCUT2D eigenvalue weighted by atomic mass is 10.3. The Hall–Kier alpha value is -2.57. The number of hydrogen-bond acceptors (Lipinski definition) is 4. The molecule has 1 aromatic carbocycles. The Balaban J connectivity index is 2.13. The van der Waals surface area contributed by atoms with Crippen LogP contribution in [0.1, 0.15) is 24.3 Å². The number of aromatic nitrogens is 2. The SMILES string of the molecule is CCN(CC)C(=O)c1ccc(Nc2ccc(F)cc2F)nn1. The summed E-state index contributed by atoms with van der Waals surface area (Å²) < 4.78 is 26.4. The van der Waals surface area contributed by atoms with Crippen molar-refractivity contribution in [2.45, 2.75) is 13.8 Å². The number of carbonyl (C=O) groups excluding carboxylic acids is 1. The maximum absolute atomic E-state index is 13.5. The number of halogens is 2. The first kappa shape index (κ1) is 15.8. The van der Waals surface area contributed by atoms with Crippen molar-refractivity contribution in [3.8, 4) is 0 Å². The van der Waals surface area contributed by atoms with Crippen molar-refractivity contribution in [1.82, 2.24) is 15.1 Å². The minimum atomic E-state index is -0.731. The Kier molecular flexibility index (Phi) is 4.98. The Morgan fingerprint density at radius 2 is 1.86 bits per heavy atom. The molecule has 0 bridgehead atoms. The smallest absolute Gasteiger partial charge is 0.274 e. The first-order valence-corrected chi connectivity index (χ1v) is 6.90. The summed E-state index contributed by atoms with van der Waals surface area (Å²) >= 11 is 0. The van der Waals surface area contributed by atoms with Crippen LogP contribution in [0.4, 0.5) is 20.3 Å². The van der Waals surface area contributed by atoms with E-state index in [4.69, 9.17) is 0 Å². The van der Waals surface area contributed by atoms with Gasteiger partial charge in [-0.3, -0.25) is 4.79 Å². The van der Waals surface area contributed by atoms with Crippen molar-refractivity contribution < 1.29 is 13.6 Å². The molecule has 0 atom stereocenters. The van der Waals surface area contributed by atoms with Crippen molar-refractivity contribution in [3.63, 3.8) is 0 Å². The molecule has 2 aromatic rings. The zero-order valence-electron chi connectivity index (χ0n) is 12.3. The van der Waals surface area contributed by atoms with Crippen LogP contribution >= 0.6 is 0 Å². The van der Waals surface area contributed by atoms with E-state index >= 15 is 0 Å². The molecule has 5 nitrogen and oxygen atoms in total. The molecule has 1 N–H and O–H groups in total. The number of anilines is 2. The number of rotatable bonds is 5. The van der Waals surface area contributed by atoms with E-state index in [2.05, 4.69) is 15.5 Å². The number of benzene rings is 1. The Bertz CT molecular complexity index is 657. The van der Waals surface area contributed by atoms with Crippen LogP contribution < -0.4 is 5.32 Å². The fourth-order valence-corrected chi connectivity index (χ4v) is 1.91. The van der Waals surface area contributed by atoms with E-state index in [1.54, 1.807) is 4.90 Å². The van der Waals surface area contributed by atoms with Gasteiger partial charge in [0.2, 0.25) is 0 Å². The van der Waals surface area contributed by atoms with Gasteiger partial charge in [-0.05, 0) is 38.1 Å². The van der Waals surface area contributed by atoms with Crippen molar-refractivity contribution in [1.29, 1.82) is 0 Å². The molecule has 0 aliphatic heterocycles. The minimum absolute atomic E-state index is 0.0820. The van der Waals surface area contributed by atoms with Crippen molar-refractivity contribution in [3.05, 3.63) is 47.7 Å². The van der Waals surface area contributed by atoms with Crippen LogP contribution in [0, 0.1) is 11.6 Å². The minimum Gasteiger partial charge on any atom is -0.338 e. The Labute approximate surface area is 127 Å². The normalized spacial score (nSPS) is 10.4. The lowest BCUT2D eigenvalue weighted by molar-refractivity contribution is 0.0766. The lowest BCUT2D eigenvalue weighted by Gasteiger charge is -2.17. The Morgan fingerprint density at radius 3 is 2.41 bits per heavy atom. The molecule has 1 aromatic heterocycles. The van der Waals surface area contributed by atoms with Crippen molar-refractivity contribution in [2.75, 3.05) is 18.4 Å². The average molecular weight is 306 g/mol. The highest BCUT2D eigenvalue weighted by Gasteiger charge is 2.14. The molecule has 0 spiro atoms. The predicted octanol–water partition coefficient (Wildman–Crippen LogP) is 2.98. The molecule has 0 fully saturated rings. The van der Waals surface area contributed by atoms with Crippen LogP contribution in [0.3, 0.4) is 0 Å². The van der Waals surface area contributed by atoms with Gasteiger partial charge in [0.15, 0.2) is 11.5 Å². The molecule has 0 unspecified atom stereocenters. The van der Waals surface area contributed by atoms with E-state index in [1.165, 1.54) is 18.2 Å². The van der Waals surface area contributed by atoms with Crippen LogP contribution in [-0.2, 0) is 0 Å². The quantitative estimate of drug-likeness (QED) is 0.922. The van der Waals surface area contributed by atoms with Gasteiger partial charge in [-0.2, -0.15) is 0 Å². The van der Waals surface area contributed by atoms with Gasteiger partial charge in [-0.1, -0.05) is 0 Å². The van der Waals surface area contributed by atoms with E-state index in [0.717, 1.165) is 12.1 Å². The van der Waals surface area contributed by atoms with Crippen LogP contribution in [0.25, 0.3) is 0 Å². The summed E-state index contributed by atoms with van der Waals surface area (Å²) in [6.07, 6.45) is 0. The third kappa shape index (κ3) is 3.55. The average Bonchev–Trinajstić information content (AvgIpc) is 2.52.